The van der Waals surface area contributed by atoms with Crippen LogP contribution in [-0.2, 0) is 142 Å². The summed E-state index contributed by atoms with van der Waals surface area (Å²) in [5.41, 5.74) is 1.28. The molecule has 0 spiro atoms. The Labute approximate surface area is 806 Å². The first kappa shape index (κ1) is 126. The van der Waals surface area contributed by atoms with E-state index in [2.05, 4.69) is 23.8 Å². The first-order valence-corrected chi connectivity index (χ1v) is 51.1. The van der Waals surface area contributed by atoms with Crippen molar-refractivity contribution in [3.8, 4) is 11.4 Å². The summed E-state index contributed by atoms with van der Waals surface area (Å²) in [4.78, 5) is 34.4. The van der Waals surface area contributed by atoms with Crippen molar-refractivity contribution in [1.29, 1.82) is 0 Å². The Morgan fingerprint density at radius 3 is 0.425 bits per heavy atom. The Morgan fingerprint density at radius 1 is 0.164 bits per heavy atom. The average molecular weight is 1930 g/mol. The maximum absolute atomic E-state index is 12.9. The monoisotopic (exact) mass is 1930 g/mol. The SMILES string of the molecule is CCCCCCCCCCCCCCCCOCCOCCOCCOCCOCCOCCOCCOCCOCCOCCOCCOCCOCCOCCOC(=O)c1ccnc(-c2cc(C(=O)OCCOCCOCCOCCOCCOCCOCCOCCOCCOCCOCCOCCOCCOCCOCCCCCCCCCCCCCCCC)ccn2)c1. The number of aromatic nitrogens is 2. The van der Waals surface area contributed by atoms with Crippen LogP contribution >= 0.6 is 0 Å². The fourth-order valence-corrected chi connectivity index (χ4v) is 12.7. The zero-order valence-electron chi connectivity index (χ0n) is 83.2. The predicted molar refractivity (Wildman–Crippen MR) is 512 cm³/mol. The molecule has 0 aliphatic heterocycles. The van der Waals surface area contributed by atoms with E-state index in [0.717, 1.165) is 26.1 Å². The first-order valence-electron chi connectivity index (χ1n) is 51.1. The summed E-state index contributed by atoms with van der Waals surface area (Å²) >= 11 is 0. The normalized spacial score (nSPS) is 11.7. The number of hydrogen-bond donors (Lipinski definition) is 0. The zero-order valence-corrected chi connectivity index (χ0v) is 83.2. The lowest BCUT2D eigenvalue weighted by atomic mass is 10.0. The van der Waals surface area contributed by atoms with E-state index in [1.54, 1.807) is 12.1 Å². The van der Waals surface area contributed by atoms with Gasteiger partial charge in [-0.3, -0.25) is 9.97 Å². The van der Waals surface area contributed by atoms with E-state index in [1.165, 1.54) is 191 Å². The molecule has 0 saturated carbocycles. The molecular formula is C100H184N2O32. The van der Waals surface area contributed by atoms with Crippen molar-refractivity contribution >= 4 is 11.9 Å². The van der Waals surface area contributed by atoms with Crippen molar-refractivity contribution < 1.29 is 152 Å². The van der Waals surface area contributed by atoms with Crippen LogP contribution in [0.15, 0.2) is 36.7 Å². The average Bonchev–Trinajstić information content (AvgIpc) is 0.831. The molecule has 2 aromatic rings. The molecule has 134 heavy (non-hydrogen) atoms. The molecule has 0 saturated heterocycles. The molecule has 0 aliphatic carbocycles. The van der Waals surface area contributed by atoms with E-state index in [9.17, 15) is 9.59 Å². The topological polar surface area (TPSA) is 337 Å². The smallest absolute Gasteiger partial charge is 0.338 e. The van der Waals surface area contributed by atoms with Gasteiger partial charge in [-0.15, -0.1) is 0 Å². The van der Waals surface area contributed by atoms with E-state index in [1.807, 2.05) is 0 Å². The van der Waals surface area contributed by atoms with Gasteiger partial charge in [0.15, 0.2) is 0 Å². The van der Waals surface area contributed by atoms with Crippen LogP contribution in [0.2, 0.25) is 0 Å². The van der Waals surface area contributed by atoms with Gasteiger partial charge in [0.2, 0.25) is 0 Å². The molecule has 2 heterocycles. The standard InChI is InChI=1S/C100H184N2O32/c1-3-5-7-9-11-13-15-17-19-21-23-25-27-29-35-105-37-39-107-41-43-109-45-47-111-49-51-113-53-55-115-57-59-117-61-63-119-65-67-121-69-71-123-73-75-125-77-79-127-81-83-129-85-87-131-89-91-133-99(103)95-31-33-101-97(93-95)98-94-96(32-34-102-98)100(104)134-92-90-132-88-86-130-84-82-128-80-78-126-76-74-124-72-70-122-68-66-120-64-62-118-60-58-116-56-54-114-52-50-112-48-46-110-44-42-108-40-38-106-36-30-28-26-24-22-20-18-16-14-12-10-8-6-4-2/h31-34,93-94H,3-30,35-92H2,1-2H3. The molecule has 0 atom stereocenters. The Hall–Kier alpha value is -3.88. The van der Waals surface area contributed by atoms with Crippen LogP contribution in [-0.4, -0.2) is 405 Å². The summed E-state index contributed by atoms with van der Waals surface area (Å²) in [5, 5.41) is 0. The van der Waals surface area contributed by atoms with Gasteiger partial charge < -0.3 is 142 Å². The summed E-state index contributed by atoms with van der Waals surface area (Å²) in [6, 6.07) is 6.15. The van der Waals surface area contributed by atoms with E-state index < -0.39 is 11.9 Å². The van der Waals surface area contributed by atoms with Crippen LogP contribution in [0.25, 0.3) is 11.4 Å². The number of carbonyl (C=O) groups excluding carboxylic acids is 2. The van der Waals surface area contributed by atoms with Crippen molar-refractivity contribution in [2.45, 2.75) is 194 Å². The highest BCUT2D eigenvalue weighted by atomic mass is 16.6. The molecular weight excluding hydrogens is 1740 g/mol. The van der Waals surface area contributed by atoms with Gasteiger partial charge in [0.05, 0.1) is 379 Å². The second kappa shape index (κ2) is 111. The Balaban J connectivity index is 1.21. The maximum atomic E-state index is 12.9. The molecule has 0 unspecified atom stereocenters. The number of ether oxygens (including phenoxy) is 30. The number of pyridine rings is 2. The Morgan fingerprint density at radius 2 is 0.284 bits per heavy atom. The number of carbonyl (C=O) groups is 2. The minimum Gasteiger partial charge on any atom is -0.460 e. The van der Waals surface area contributed by atoms with Crippen LogP contribution in [0.3, 0.4) is 0 Å². The van der Waals surface area contributed by atoms with Crippen LogP contribution < -0.4 is 0 Å². The zero-order chi connectivity index (χ0) is 95.1. The van der Waals surface area contributed by atoms with Crippen LogP contribution in [0.1, 0.15) is 214 Å². The lowest BCUT2D eigenvalue weighted by Gasteiger charge is -2.09. The second-order valence-electron chi connectivity index (χ2n) is 31.5. The first-order chi connectivity index (χ1) is 66.7. The molecule has 34 heteroatoms. The van der Waals surface area contributed by atoms with E-state index in [4.69, 9.17) is 142 Å². The minimum absolute atomic E-state index is 0.0353. The minimum atomic E-state index is -0.559. The number of rotatable bonds is 117. The van der Waals surface area contributed by atoms with Crippen molar-refractivity contribution in [3.05, 3.63) is 47.8 Å². The fourth-order valence-electron chi connectivity index (χ4n) is 12.7. The molecule has 0 fully saturated rings. The van der Waals surface area contributed by atoms with E-state index >= 15 is 0 Å². The molecule has 0 aliphatic rings. The van der Waals surface area contributed by atoms with Gasteiger partial charge in [-0.2, -0.15) is 0 Å². The molecule has 0 bridgehead atoms. The van der Waals surface area contributed by atoms with Gasteiger partial charge in [0, 0.05) is 25.6 Å². The van der Waals surface area contributed by atoms with Crippen molar-refractivity contribution in [2.24, 2.45) is 0 Å². The van der Waals surface area contributed by atoms with Gasteiger partial charge in [-0.05, 0) is 37.1 Å². The summed E-state index contributed by atoms with van der Waals surface area (Å²) in [7, 11) is 0. The van der Waals surface area contributed by atoms with Gasteiger partial charge in [-0.1, -0.05) is 181 Å². The van der Waals surface area contributed by atoms with E-state index in [0.29, 0.717) is 355 Å². The number of hydrogen-bond acceptors (Lipinski definition) is 34. The lowest BCUT2D eigenvalue weighted by Crippen LogP contribution is -2.16. The summed E-state index contributed by atoms with van der Waals surface area (Å²) in [6.45, 7) is 31.3. The van der Waals surface area contributed by atoms with Crippen molar-refractivity contribution in [3.63, 3.8) is 0 Å². The number of nitrogens with zero attached hydrogens (tertiary/aromatic N) is 2. The highest BCUT2D eigenvalue weighted by molar-refractivity contribution is 5.92. The third kappa shape index (κ3) is 97.0. The molecule has 34 nitrogen and oxygen atoms in total. The fraction of sp³-hybridized carbons (Fsp3) is 0.880. The number of esters is 2. The molecule has 2 rings (SSSR count). The predicted octanol–water partition coefficient (Wildman–Crippen LogP) is 13.9. The summed E-state index contributed by atoms with van der Waals surface area (Å²) < 4.78 is 167. The maximum Gasteiger partial charge on any atom is 0.338 e. The van der Waals surface area contributed by atoms with Crippen molar-refractivity contribution in [2.75, 3.05) is 383 Å². The van der Waals surface area contributed by atoms with Gasteiger partial charge in [0.1, 0.15) is 13.2 Å². The number of unbranched alkanes of at least 4 members (excludes halogenated alkanes) is 26. The highest BCUT2D eigenvalue weighted by Crippen LogP contribution is 2.20. The Kier molecular flexibility index (Phi) is 105. The van der Waals surface area contributed by atoms with Gasteiger partial charge >= 0.3 is 11.9 Å². The third-order valence-corrected chi connectivity index (χ3v) is 20.1. The molecule has 0 N–H and O–H groups in total. The van der Waals surface area contributed by atoms with Crippen LogP contribution in [0.5, 0.6) is 0 Å². The summed E-state index contributed by atoms with van der Waals surface area (Å²) in [5.74, 6) is -1.12. The third-order valence-electron chi connectivity index (χ3n) is 20.1. The highest BCUT2D eigenvalue weighted by Gasteiger charge is 2.15. The Bertz CT molecular complexity index is 2450. The largest absolute Gasteiger partial charge is 0.460 e. The van der Waals surface area contributed by atoms with Gasteiger partial charge in [-0.25, -0.2) is 9.59 Å². The molecule has 0 radical (unpaired) electrons. The molecule has 2 aromatic heterocycles. The van der Waals surface area contributed by atoms with Crippen LogP contribution in [0.4, 0.5) is 0 Å². The molecule has 0 amide bonds. The van der Waals surface area contributed by atoms with Crippen molar-refractivity contribution in [1.82, 2.24) is 9.97 Å². The second-order valence-corrected chi connectivity index (χ2v) is 31.5. The molecule has 0 aromatic carbocycles. The van der Waals surface area contributed by atoms with Crippen LogP contribution in [0, 0.1) is 0 Å². The van der Waals surface area contributed by atoms with E-state index in [-0.39, 0.29) is 37.6 Å². The summed E-state index contributed by atoms with van der Waals surface area (Å²) in [6.07, 6.45) is 41.1. The molecule has 786 valence electrons. The lowest BCUT2D eigenvalue weighted by molar-refractivity contribution is -0.0298. The van der Waals surface area contributed by atoms with Gasteiger partial charge in [0.25, 0.3) is 0 Å². The quantitative estimate of drug-likeness (QED) is 0.0438.